The zero-order valence-corrected chi connectivity index (χ0v) is 11.8. The number of aromatic nitrogens is 3. The molecule has 0 aliphatic carbocycles. The topological polar surface area (TPSA) is 60.0 Å². The summed E-state index contributed by atoms with van der Waals surface area (Å²) in [7, 11) is 3.98. The minimum Gasteiger partial charge on any atom is -0.397 e. The summed E-state index contributed by atoms with van der Waals surface area (Å²) >= 11 is 0. The molecule has 0 bridgehead atoms. The fourth-order valence-electron chi connectivity index (χ4n) is 2.20. The lowest BCUT2D eigenvalue weighted by Crippen LogP contribution is -2.11. The summed E-state index contributed by atoms with van der Waals surface area (Å²) in [6, 6.07) is 8.18. The zero-order chi connectivity index (χ0) is 14.3. The number of imidazole rings is 1. The molecule has 2 heterocycles. The van der Waals surface area contributed by atoms with E-state index in [1.165, 1.54) is 0 Å². The van der Waals surface area contributed by atoms with E-state index in [9.17, 15) is 0 Å². The first-order valence-electron chi connectivity index (χ1n) is 6.43. The van der Waals surface area contributed by atoms with E-state index in [1.807, 2.05) is 42.9 Å². The van der Waals surface area contributed by atoms with Gasteiger partial charge in [-0.25, -0.2) is 9.97 Å². The van der Waals surface area contributed by atoms with Crippen LogP contribution in [0.3, 0.4) is 0 Å². The smallest absolute Gasteiger partial charge is 0.133 e. The Kier molecular flexibility index (Phi) is 2.82. The van der Waals surface area contributed by atoms with Crippen LogP contribution in [0, 0.1) is 6.92 Å². The van der Waals surface area contributed by atoms with Crippen molar-refractivity contribution in [3.63, 3.8) is 0 Å². The molecule has 0 aliphatic rings. The lowest BCUT2D eigenvalue weighted by Gasteiger charge is -2.19. The van der Waals surface area contributed by atoms with E-state index in [1.54, 1.807) is 6.20 Å². The molecular weight excluding hydrogens is 250 g/mol. The molecule has 0 amide bonds. The van der Waals surface area contributed by atoms with Gasteiger partial charge in [-0.2, -0.15) is 0 Å². The quantitative estimate of drug-likeness (QED) is 0.775. The number of nitrogen functional groups attached to an aromatic ring is 1. The van der Waals surface area contributed by atoms with Crippen molar-refractivity contribution in [3.8, 4) is 0 Å². The van der Waals surface area contributed by atoms with Crippen molar-refractivity contribution >= 4 is 28.2 Å². The first-order valence-corrected chi connectivity index (χ1v) is 6.43. The second kappa shape index (κ2) is 4.52. The molecule has 2 aromatic heterocycles. The third-order valence-corrected chi connectivity index (χ3v) is 3.58. The van der Waals surface area contributed by atoms with Crippen LogP contribution in [0.4, 0.5) is 17.2 Å². The molecule has 1 aromatic carbocycles. The van der Waals surface area contributed by atoms with Crippen molar-refractivity contribution in [1.29, 1.82) is 0 Å². The van der Waals surface area contributed by atoms with E-state index in [0.29, 0.717) is 5.69 Å². The number of fused-ring (bicyclic) bond motifs is 1. The maximum atomic E-state index is 5.81. The van der Waals surface area contributed by atoms with Gasteiger partial charge in [-0.1, -0.05) is 0 Å². The molecule has 102 valence electrons. The summed E-state index contributed by atoms with van der Waals surface area (Å²) in [4.78, 5) is 10.8. The van der Waals surface area contributed by atoms with Crippen molar-refractivity contribution in [2.24, 2.45) is 7.05 Å². The molecule has 0 radical (unpaired) electrons. The molecule has 5 nitrogen and oxygen atoms in total. The Morgan fingerprint density at radius 2 is 2.00 bits per heavy atom. The van der Waals surface area contributed by atoms with E-state index in [2.05, 4.69) is 28.2 Å². The fourth-order valence-corrected chi connectivity index (χ4v) is 2.20. The lowest BCUT2D eigenvalue weighted by molar-refractivity contribution is 0.947. The second-order valence-corrected chi connectivity index (χ2v) is 4.99. The van der Waals surface area contributed by atoms with Gasteiger partial charge in [0.2, 0.25) is 0 Å². The molecular formula is C15H17N5. The van der Waals surface area contributed by atoms with Gasteiger partial charge < -0.3 is 15.2 Å². The molecule has 0 unspecified atom stereocenters. The van der Waals surface area contributed by atoms with Gasteiger partial charge in [-0.3, -0.25) is 0 Å². The van der Waals surface area contributed by atoms with Crippen LogP contribution in [0.2, 0.25) is 0 Å². The average Bonchev–Trinajstić information content (AvgIpc) is 2.82. The average molecular weight is 267 g/mol. The first-order chi connectivity index (χ1) is 9.56. The van der Waals surface area contributed by atoms with Gasteiger partial charge in [0.15, 0.2) is 0 Å². The minimum atomic E-state index is 0.710. The number of nitrogens with zero attached hydrogens (tertiary/aromatic N) is 4. The number of anilines is 3. The second-order valence-electron chi connectivity index (χ2n) is 4.99. The van der Waals surface area contributed by atoms with Crippen molar-refractivity contribution < 1.29 is 0 Å². The van der Waals surface area contributed by atoms with Gasteiger partial charge in [0.05, 0.1) is 29.2 Å². The monoisotopic (exact) mass is 267 g/mol. The van der Waals surface area contributed by atoms with Crippen molar-refractivity contribution in [2.45, 2.75) is 6.92 Å². The zero-order valence-electron chi connectivity index (χ0n) is 11.8. The SMILES string of the molecule is Cc1cc(N(C)c2ccc3c(c2)ncn3C)ncc1N. The van der Waals surface area contributed by atoms with Gasteiger partial charge in [0.1, 0.15) is 5.82 Å². The molecule has 2 N–H and O–H groups in total. The number of benzene rings is 1. The summed E-state index contributed by atoms with van der Waals surface area (Å²) in [6.07, 6.45) is 3.51. The highest BCUT2D eigenvalue weighted by molar-refractivity contribution is 5.81. The molecule has 0 fully saturated rings. The highest BCUT2D eigenvalue weighted by Crippen LogP contribution is 2.26. The predicted octanol–water partition coefficient (Wildman–Crippen LogP) is 2.63. The van der Waals surface area contributed by atoms with Crippen LogP contribution in [0.5, 0.6) is 0 Å². The summed E-state index contributed by atoms with van der Waals surface area (Å²) in [5.74, 6) is 0.868. The van der Waals surface area contributed by atoms with Crippen molar-refractivity contribution in [3.05, 3.63) is 42.4 Å². The summed E-state index contributed by atoms with van der Waals surface area (Å²) < 4.78 is 2.00. The minimum absolute atomic E-state index is 0.710. The standard InChI is InChI=1S/C15H17N5/c1-10-6-15(17-8-12(10)16)20(3)11-4-5-14-13(7-11)18-9-19(14)2/h4-9H,16H2,1-3H3. The number of rotatable bonds is 2. The molecule has 0 saturated heterocycles. The van der Waals surface area contributed by atoms with Crippen molar-refractivity contribution in [2.75, 3.05) is 17.7 Å². The fraction of sp³-hybridized carbons (Fsp3) is 0.200. The van der Waals surface area contributed by atoms with E-state index in [0.717, 1.165) is 28.1 Å². The molecule has 0 spiro atoms. The molecule has 5 heteroatoms. The Morgan fingerprint density at radius 3 is 2.75 bits per heavy atom. The third kappa shape index (κ3) is 1.97. The third-order valence-electron chi connectivity index (χ3n) is 3.58. The van der Waals surface area contributed by atoms with Gasteiger partial charge in [0.25, 0.3) is 0 Å². The highest BCUT2D eigenvalue weighted by atomic mass is 15.2. The van der Waals surface area contributed by atoms with E-state index < -0.39 is 0 Å². The summed E-state index contributed by atoms with van der Waals surface area (Å²) in [5, 5.41) is 0. The Morgan fingerprint density at radius 1 is 1.20 bits per heavy atom. The number of nitrogens with two attached hydrogens (primary N) is 1. The molecule has 0 aliphatic heterocycles. The largest absolute Gasteiger partial charge is 0.397 e. The Balaban J connectivity index is 2.02. The van der Waals surface area contributed by atoms with Gasteiger partial charge >= 0.3 is 0 Å². The normalized spacial score (nSPS) is 10.9. The maximum absolute atomic E-state index is 5.81. The van der Waals surface area contributed by atoms with Gasteiger partial charge in [0, 0.05) is 19.8 Å². The van der Waals surface area contributed by atoms with Crippen LogP contribution in [0.15, 0.2) is 36.8 Å². The van der Waals surface area contributed by atoms with Gasteiger partial charge in [-0.05, 0) is 36.8 Å². The number of hydrogen-bond acceptors (Lipinski definition) is 4. The number of aryl methyl sites for hydroxylation is 2. The van der Waals surface area contributed by atoms with E-state index in [-0.39, 0.29) is 0 Å². The lowest BCUT2D eigenvalue weighted by atomic mass is 10.2. The van der Waals surface area contributed by atoms with Crippen LogP contribution >= 0.6 is 0 Å². The molecule has 20 heavy (non-hydrogen) atoms. The Labute approximate surface area is 117 Å². The first kappa shape index (κ1) is 12.5. The molecule has 0 atom stereocenters. The molecule has 3 rings (SSSR count). The maximum Gasteiger partial charge on any atom is 0.133 e. The van der Waals surface area contributed by atoms with E-state index in [4.69, 9.17) is 5.73 Å². The summed E-state index contributed by atoms with van der Waals surface area (Å²) in [6.45, 7) is 1.98. The van der Waals surface area contributed by atoms with Crippen LogP contribution in [0.25, 0.3) is 11.0 Å². The number of hydrogen-bond donors (Lipinski definition) is 1. The number of pyridine rings is 1. The van der Waals surface area contributed by atoms with Crippen LogP contribution in [-0.4, -0.2) is 21.6 Å². The van der Waals surface area contributed by atoms with E-state index >= 15 is 0 Å². The highest BCUT2D eigenvalue weighted by Gasteiger charge is 2.09. The van der Waals surface area contributed by atoms with Crippen LogP contribution < -0.4 is 10.6 Å². The molecule has 3 aromatic rings. The van der Waals surface area contributed by atoms with Crippen LogP contribution in [-0.2, 0) is 7.05 Å². The predicted molar refractivity (Wildman–Crippen MR) is 82.2 cm³/mol. The summed E-state index contributed by atoms with van der Waals surface area (Å²) in [5.41, 5.74) is 10.7. The Hall–Kier alpha value is -2.56. The van der Waals surface area contributed by atoms with Crippen LogP contribution in [0.1, 0.15) is 5.56 Å². The Bertz CT molecular complexity index is 775. The van der Waals surface area contributed by atoms with Crippen molar-refractivity contribution in [1.82, 2.24) is 14.5 Å². The molecule has 0 saturated carbocycles. The van der Waals surface area contributed by atoms with Gasteiger partial charge in [-0.15, -0.1) is 0 Å².